The third-order valence-corrected chi connectivity index (χ3v) is 15.5. The molecule has 0 aromatic heterocycles. The second-order valence-corrected chi connectivity index (χ2v) is 22.9. The first kappa shape index (κ1) is 24.2. The Hall–Kier alpha value is -1.07. The van der Waals surface area contributed by atoms with Crippen molar-refractivity contribution in [3.05, 3.63) is 46.6 Å². The molecule has 1 atom stereocenters. The van der Waals surface area contributed by atoms with Crippen molar-refractivity contribution in [1.82, 2.24) is 0 Å². The Bertz CT molecular complexity index is 843. The number of rotatable bonds is 5. The predicted molar refractivity (Wildman–Crippen MR) is 137 cm³/mol. The molecule has 1 aliphatic rings. The van der Waals surface area contributed by atoms with Gasteiger partial charge in [0.1, 0.15) is 5.75 Å². The summed E-state index contributed by atoms with van der Waals surface area (Å²) in [6, 6.07) is 4.76. The minimum absolute atomic E-state index is 0.0792. The predicted octanol–water partition coefficient (Wildman–Crippen LogP) is 7.59. The fourth-order valence-electron chi connectivity index (χ4n) is 4.50. The quantitative estimate of drug-likeness (QED) is 0.439. The molecule has 0 heterocycles. The summed E-state index contributed by atoms with van der Waals surface area (Å²) in [5.74, 6) is 1.12. The van der Waals surface area contributed by atoms with Crippen LogP contribution in [0, 0.1) is 6.92 Å². The van der Waals surface area contributed by atoms with E-state index in [0.29, 0.717) is 5.54 Å². The monoisotopic (exact) mass is 428 g/mol. The summed E-state index contributed by atoms with van der Waals surface area (Å²) < 4.78 is 6.18. The van der Waals surface area contributed by atoms with Crippen LogP contribution in [-0.4, -0.2) is 23.3 Å². The number of benzene rings is 1. The molecular weight excluding hydrogens is 384 g/mol. The van der Waals surface area contributed by atoms with Crippen molar-refractivity contribution in [3.63, 3.8) is 0 Å². The average molecular weight is 429 g/mol. The van der Waals surface area contributed by atoms with Gasteiger partial charge in [0.15, 0.2) is 0 Å². The standard InChI is InChI=1S/C26H44OSi2/c1-18-14-21(24(27-8)23(15-18)29(12,13)25(3,4)5)26(6,7)20-16-19(2)22(17-20)28(9,10)11/h14-17,22H,1-13H3. The third kappa shape index (κ3) is 4.37. The van der Waals surface area contributed by atoms with Crippen LogP contribution in [0.1, 0.15) is 52.7 Å². The second kappa shape index (κ2) is 7.57. The maximum Gasteiger partial charge on any atom is 0.122 e. The molecule has 2 rings (SSSR count). The first-order chi connectivity index (χ1) is 12.9. The number of ether oxygens (including phenoxy) is 1. The smallest absolute Gasteiger partial charge is 0.122 e. The molecular formula is C26H44OSi2. The Morgan fingerprint density at radius 1 is 0.897 bits per heavy atom. The van der Waals surface area contributed by atoms with E-state index in [1.54, 1.807) is 0 Å². The second-order valence-electron chi connectivity index (χ2n) is 12.2. The topological polar surface area (TPSA) is 9.23 Å². The van der Waals surface area contributed by atoms with Gasteiger partial charge in [-0.3, -0.25) is 0 Å². The summed E-state index contributed by atoms with van der Waals surface area (Å²) in [4.78, 5) is 0. The van der Waals surface area contributed by atoms with Crippen LogP contribution in [0.15, 0.2) is 35.4 Å². The fraction of sp³-hybridized carbons (Fsp3) is 0.615. The minimum atomic E-state index is -1.74. The Labute approximate surface area is 182 Å². The maximum absolute atomic E-state index is 6.18. The lowest BCUT2D eigenvalue weighted by molar-refractivity contribution is 0.403. The Balaban J connectivity index is 2.72. The van der Waals surface area contributed by atoms with Gasteiger partial charge in [-0.25, -0.2) is 0 Å². The number of methoxy groups -OCH3 is 1. The first-order valence-corrected chi connectivity index (χ1v) is 17.6. The van der Waals surface area contributed by atoms with Gasteiger partial charge in [0.25, 0.3) is 0 Å². The van der Waals surface area contributed by atoms with E-state index in [0.717, 1.165) is 5.75 Å². The van der Waals surface area contributed by atoms with E-state index in [2.05, 4.69) is 105 Å². The fourth-order valence-corrected chi connectivity index (χ4v) is 8.83. The van der Waals surface area contributed by atoms with E-state index in [9.17, 15) is 0 Å². The van der Waals surface area contributed by atoms with Crippen LogP contribution in [0.3, 0.4) is 0 Å². The number of aryl methyl sites for hydroxylation is 1. The van der Waals surface area contributed by atoms with Crippen molar-refractivity contribution in [2.24, 2.45) is 0 Å². The first-order valence-electron chi connectivity index (χ1n) is 11.0. The van der Waals surface area contributed by atoms with Crippen LogP contribution in [0.5, 0.6) is 5.75 Å². The van der Waals surface area contributed by atoms with Gasteiger partial charge in [0.2, 0.25) is 0 Å². The van der Waals surface area contributed by atoms with Crippen molar-refractivity contribution in [2.45, 2.75) is 97.2 Å². The highest BCUT2D eigenvalue weighted by atomic mass is 28.3. The third-order valence-electron chi connectivity index (χ3n) is 7.53. The van der Waals surface area contributed by atoms with Crippen LogP contribution in [0.4, 0.5) is 0 Å². The van der Waals surface area contributed by atoms with E-state index in [1.807, 2.05) is 7.11 Å². The SMILES string of the molecule is COc1c(C(C)(C)C2=CC([Si](C)(C)C)C(C)=C2)cc(C)cc1[Si](C)(C)C(C)(C)C. The molecule has 162 valence electrons. The lowest BCUT2D eigenvalue weighted by atomic mass is 9.77. The summed E-state index contributed by atoms with van der Waals surface area (Å²) in [5, 5.41) is 1.72. The minimum Gasteiger partial charge on any atom is -0.497 e. The molecule has 0 saturated carbocycles. The largest absolute Gasteiger partial charge is 0.497 e. The molecule has 1 aromatic rings. The Morgan fingerprint density at radius 3 is 1.86 bits per heavy atom. The number of hydrogen-bond donors (Lipinski definition) is 0. The molecule has 0 bridgehead atoms. The summed E-state index contributed by atoms with van der Waals surface area (Å²) in [7, 11) is -1.16. The summed E-state index contributed by atoms with van der Waals surface area (Å²) in [6.45, 7) is 28.9. The lowest BCUT2D eigenvalue weighted by Gasteiger charge is -2.40. The van der Waals surface area contributed by atoms with Crippen molar-refractivity contribution < 1.29 is 4.74 Å². The zero-order chi connectivity index (χ0) is 22.6. The molecule has 0 fully saturated rings. The lowest BCUT2D eigenvalue weighted by Crippen LogP contribution is -2.50. The van der Waals surface area contributed by atoms with Crippen molar-refractivity contribution in [1.29, 1.82) is 0 Å². The van der Waals surface area contributed by atoms with E-state index < -0.39 is 16.1 Å². The number of allylic oxidation sites excluding steroid dienone is 4. The molecule has 0 saturated heterocycles. The zero-order valence-electron chi connectivity index (χ0n) is 21.3. The van der Waals surface area contributed by atoms with Gasteiger partial charge in [-0.05, 0) is 35.2 Å². The van der Waals surface area contributed by atoms with Gasteiger partial charge in [0, 0.05) is 11.0 Å². The highest BCUT2D eigenvalue weighted by Crippen LogP contribution is 2.47. The molecule has 1 aliphatic carbocycles. The van der Waals surface area contributed by atoms with Crippen LogP contribution in [0.2, 0.25) is 43.3 Å². The van der Waals surface area contributed by atoms with Gasteiger partial charge in [-0.15, -0.1) is 0 Å². The Morgan fingerprint density at radius 2 is 1.45 bits per heavy atom. The molecule has 0 N–H and O–H groups in total. The van der Waals surface area contributed by atoms with E-state index in [-0.39, 0.29) is 10.5 Å². The molecule has 1 nitrogen and oxygen atoms in total. The normalized spacial score (nSPS) is 18.6. The van der Waals surface area contributed by atoms with Crippen LogP contribution >= 0.6 is 0 Å². The Kier molecular flexibility index (Phi) is 6.31. The van der Waals surface area contributed by atoms with Crippen LogP contribution < -0.4 is 9.92 Å². The molecule has 3 heteroatoms. The summed E-state index contributed by atoms with van der Waals surface area (Å²) in [5.41, 5.74) is 6.22. The maximum atomic E-state index is 6.18. The van der Waals surface area contributed by atoms with Crippen LogP contribution in [-0.2, 0) is 5.41 Å². The highest BCUT2D eigenvalue weighted by Gasteiger charge is 2.42. The molecule has 1 unspecified atom stereocenters. The molecule has 0 radical (unpaired) electrons. The molecule has 29 heavy (non-hydrogen) atoms. The summed E-state index contributed by atoms with van der Waals surface area (Å²) in [6.07, 6.45) is 5.02. The van der Waals surface area contributed by atoms with E-state index >= 15 is 0 Å². The van der Waals surface area contributed by atoms with Gasteiger partial charge < -0.3 is 4.74 Å². The molecule has 1 aromatic carbocycles. The molecule has 0 spiro atoms. The highest BCUT2D eigenvalue weighted by molar-refractivity contribution is 6.92. The van der Waals surface area contributed by atoms with Crippen molar-refractivity contribution >= 4 is 21.3 Å². The molecule has 0 amide bonds. The van der Waals surface area contributed by atoms with Crippen molar-refractivity contribution in [2.75, 3.05) is 7.11 Å². The van der Waals surface area contributed by atoms with Crippen LogP contribution in [0.25, 0.3) is 0 Å². The van der Waals surface area contributed by atoms with Gasteiger partial charge in [-0.1, -0.05) is 103 Å². The number of hydrogen-bond acceptors (Lipinski definition) is 1. The van der Waals surface area contributed by atoms with Crippen molar-refractivity contribution in [3.8, 4) is 5.75 Å². The summed E-state index contributed by atoms with van der Waals surface area (Å²) >= 11 is 0. The molecule has 0 aliphatic heterocycles. The zero-order valence-corrected chi connectivity index (χ0v) is 23.3. The van der Waals surface area contributed by atoms with Gasteiger partial charge in [-0.2, -0.15) is 0 Å². The van der Waals surface area contributed by atoms with E-state index in [1.165, 1.54) is 27.5 Å². The van der Waals surface area contributed by atoms with E-state index in [4.69, 9.17) is 4.74 Å². The van der Waals surface area contributed by atoms with Gasteiger partial charge in [0.05, 0.1) is 23.3 Å². The van der Waals surface area contributed by atoms with Gasteiger partial charge >= 0.3 is 0 Å². The average Bonchev–Trinajstić information content (AvgIpc) is 2.95.